The molecule has 1 saturated heterocycles. The normalized spacial score (nSPS) is 34.1. The van der Waals surface area contributed by atoms with Crippen molar-refractivity contribution in [2.24, 2.45) is 11.7 Å². The molecule has 80 valence electrons. The molecule has 1 aromatic rings. The maximum absolute atomic E-state index is 12.7. The van der Waals surface area contributed by atoms with Crippen LogP contribution < -0.4 is 5.73 Å². The van der Waals surface area contributed by atoms with Gasteiger partial charge in [-0.3, -0.25) is 4.90 Å². The molecule has 0 aromatic heterocycles. The highest BCUT2D eigenvalue weighted by Gasteiger charge is 2.56. The first kappa shape index (κ1) is 9.31. The molecule has 1 aromatic carbocycles. The summed E-state index contributed by atoms with van der Waals surface area (Å²) in [6.07, 6.45) is 1.19. The Labute approximate surface area is 88.9 Å². The highest BCUT2D eigenvalue weighted by molar-refractivity contribution is 5.19. The fourth-order valence-electron chi connectivity index (χ4n) is 2.60. The Balaban J connectivity index is 1.64. The van der Waals surface area contributed by atoms with E-state index < -0.39 is 0 Å². The highest BCUT2D eigenvalue weighted by Crippen LogP contribution is 2.47. The molecular formula is C12H15FN2. The molecule has 0 bridgehead atoms. The van der Waals surface area contributed by atoms with Crippen LogP contribution in [-0.2, 0) is 6.54 Å². The molecule has 1 aliphatic carbocycles. The first-order valence-electron chi connectivity index (χ1n) is 5.41. The van der Waals surface area contributed by atoms with E-state index in [1.807, 2.05) is 12.1 Å². The molecule has 2 nitrogen and oxygen atoms in total. The van der Waals surface area contributed by atoms with E-state index in [-0.39, 0.29) is 11.4 Å². The van der Waals surface area contributed by atoms with E-state index >= 15 is 0 Å². The van der Waals surface area contributed by atoms with Crippen LogP contribution >= 0.6 is 0 Å². The van der Waals surface area contributed by atoms with Crippen LogP contribution in [-0.4, -0.2) is 23.5 Å². The van der Waals surface area contributed by atoms with Gasteiger partial charge < -0.3 is 5.73 Å². The van der Waals surface area contributed by atoms with Crippen molar-refractivity contribution in [3.05, 3.63) is 35.6 Å². The molecule has 15 heavy (non-hydrogen) atoms. The summed E-state index contributed by atoms with van der Waals surface area (Å²) in [6, 6.07) is 6.74. The van der Waals surface area contributed by atoms with Crippen molar-refractivity contribution < 1.29 is 4.39 Å². The van der Waals surface area contributed by atoms with Crippen molar-refractivity contribution in [3.8, 4) is 0 Å². The van der Waals surface area contributed by atoms with Crippen molar-refractivity contribution in [2.75, 3.05) is 13.1 Å². The number of nitrogens with zero attached hydrogens (tertiary/aromatic N) is 1. The monoisotopic (exact) mass is 206 g/mol. The molecule has 0 amide bonds. The molecule has 3 heteroatoms. The summed E-state index contributed by atoms with van der Waals surface area (Å²) in [4.78, 5) is 2.36. The Bertz CT molecular complexity index is 376. The van der Waals surface area contributed by atoms with Crippen LogP contribution in [0.2, 0.25) is 0 Å². The minimum Gasteiger partial charge on any atom is -0.324 e. The van der Waals surface area contributed by atoms with Crippen LogP contribution in [0.15, 0.2) is 24.3 Å². The lowest BCUT2D eigenvalue weighted by atomic mass is 10.2. The second-order valence-electron chi connectivity index (χ2n) is 4.93. The van der Waals surface area contributed by atoms with Crippen LogP contribution in [0.25, 0.3) is 0 Å². The van der Waals surface area contributed by atoms with Crippen molar-refractivity contribution >= 4 is 0 Å². The van der Waals surface area contributed by atoms with E-state index in [9.17, 15) is 4.39 Å². The number of hydrogen-bond acceptors (Lipinski definition) is 2. The molecule has 2 atom stereocenters. The van der Waals surface area contributed by atoms with E-state index in [2.05, 4.69) is 4.90 Å². The van der Waals surface area contributed by atoms with Crippen LogP contribution in [0.5, 0.6) is 0 Å². The Hall–Kier alpha value is -0.930. The summed E-state index contributed by atoms with van der Waals surface area (Å²) in [5.41, 5.74) is 7.40. The first-order valence-corrected chi connectivity index (χ1v) is 5.41. The minimum atomic E-state index is -0.168. The number of nitrogens with two attached hydrogens (primary N) is 1. The standard InChI is InChI=1S/C12H15FN2/c13-11-3-1-9(2-4-11)6-15-7-10-5-12(10,14)8-15/h1-4,10H,5-8,14H2. The molecule has 2 fully saturated rings. The van der Waals surface area contributed by atoms with Gasteiger partial charge in [-0.25, -0.2) is 4.39 Å². The average molecular weight is 206 g/mol. The van der Waals surface area contributed by atoms with Gasteiger partial charge in [0.2, 0.25) is 0 Å². The van der Waals surface area contributed by atoms with Gasteiger partial charge in [-0.2, -0.15) is 0 Å². The quantitative estimate of drug-likeness (QED) is 0.791. The third kappa shape index (κ3) is 1.66. The molecule has 0 radical (unpaired) electrons. The lowest BCUT2D eigenvalue weighted by molar-refractivity contribution is 0.290. The summed E-state index contributed by atoms with van der Waals surface area (Å²) < 4.78 is 12.7. The number of fused-ring (bicyclic) bond motifs is 1. The third-order valence-corrected chi connectivity index (χ3v) is 3.60. The van der Waals surface area contributed by atoms with Gasteiger partial charge in [0.15, 0.2) is 0 Å². The highest BCUT2D eigenvalue weighted by atomic mass is 19.1. The molecule has 3 rings (SSSR count). The van der Waals surface area contributed by atoms with Crippen LogP contribution in [0.1, 0.15) is 12.0 Å². The first-order chi connectivity index (χ1) is 7.16. The van der Waals surface area contributed by atoms with Crippen molar-refractivity contribution in [2.45, 2.75) is 18.5 Å². The summed E-state index contributed by atoms with van der Waals surface area (Å²) >= 11 is 0. The third-order valence-electron chi connectivity index (χ3n) is 3.60. The van der Waals surface area contributed by atoms with E-state index in [0.29, 0.717) is 5.92 Å². The fourth-order valence-corrected chi connectivity index (χ4v) is 2.60. The van der Waals surface area contributed by atoms with Gasteiger partial charge in [-0.1, -0.05) is 12.1 Å². The Morgan fingerprint density at radius 3 is 2.73 bits per heavy atom. The average Bonchev–Trinajstić information content (AvgIpc) is 2.70. The Morgan fingerprint density at radius 1 is 1.40 bits per heavy atom. The van der Waals surface area contributed by atoms with E-state index in [0.717, 1.165) is 19.6 Å². The molecule has 1 heterocycles. The smallest absolute Gasteiger partial charge is 0.123 e. The molecule has 0 spiro atoms. The van der Waals surface area contributed by atoms with Crippen molar-refractivity contribution in [1.82, 2.24) is 4.90 Å². The van der Waals surface area contributed by atoms with Gasteiger partial charge >= 0.3 is 0 Å². The lowest BCUT2D eigenvalue weighted by Crippen LogP contribution is -2.32. The number of hydrogen-bond donors (Lipinski definition) is 1. The summed E-state index contributed by atoms with van der Waals surface area (Å²) in [5.74, 6) is 0.538. The van der Waals surface area contributed by atoms with Gasteiger partial charge in [0.1, 0.15) is 5.82 Å². The molecule has 2 N–H and O–H groups in total. The zero-order valence-electron chi connectivity index (χ0n) is 8.62. The zero-order valence-corrected chi connectivity index (χ0v) is 8.62. The summed E-state index contributed by atoms with van der Waals surface area (Å²) in [7, 11) is 0. The van der Waals surface area contributed by atoms with Crippen LogP contribution in [0, 0.1) is 11.7 Å². The van der Waals surface area contributed by atoms with Gasteiger partial charge in [0.05, 0.1) is 0 Å². The topological polar surface area (TPSA) is 29.3 Å². The predicted molar refractivity (Wildman–Crippen MR) is 56.7 cm³/mol. The number of halogens is 1. The van der Waals surface area contributed by atoms with Crippen molar-refractivity contribution in [1.29, 1.82) is 0 Å². The predicted octanol–water partition coefficient (Wildman–Crippen LogP) is 1.36. The van der Waals surface area contributed by atoms with Gasteiger partial charge in [0.25, 0.3) is 0 Å². The Kier molecular flexibility index (Phi) is 1.88. The molecule has 1 saturated carbocycles. The van der Waals surface area contributed by atoms with Crippen molar-refractivity contribution in [3.63, 3.8) is 0 Å². The number of rotatable bonds is 2. The molecule has 2 unspecified atom stereocenters. The number of benzene rings is 1. The summed E-state index contributed by atoms with van der Waals surface area (Å²) in [5, 5.41) is 0. The second kappa shape index (κ2) is 3.03. The molecule has 1 aliphatic heterocycles. The van der Waals surface area contributed by atoms with Gasteiger partial charge in [-0.15, -0.1) is 0 Å². The van der Waals surface area contributed by atoms with Crippen LogP contribution in [0.3, 0.4) is 0 Å². The number of likely N-dealkylation sites (tertiary alicyclic amines) is 1. The Morgan fingerprint density at radius 2 is 2.13 bits per heavy atom. The van der Waals surface area contributed by atoms with E-state index in [4.69, 9.17) is 5.73 Å². The summed E-state index contributed by atoms with van der Waals surface area (Å²) in [6.45, 7) is 3.00. The molecular weight excluding hydrogens is 191 g/mol. The maximum atomic E-state index is 12.7. The van der Waals surface area contributed by atoms with Gasteiger partial charge in [-0.05, 0) is 30.0 Å². The minimum absolute atomic E-state index is 0.111. The number of piperidine rings is 1. The molecule has 2 aliphatic rings. The lowest BCUT2D eigenvalue weighted by Gasteiger charge is -2.18. The SMILES string of the molecule is NC12CC1CN(Cc1ccc(F)cc1)C2. The van der Waals surface area contributed by atoms with E-state index in [1.54, 1.807) is 0 Å². The van der Waals surface area contributed by atoms with Crippen LogP contribution in [0.4, 0.5) is 4.39 Å². The zero-order chi connectivity index (χ0) is 10.5. The second-order valence-corrected chi connectivity index (χ2v) is 4.93. The van der Waals surface area contributed by atoms with Gasteiger partial charge in [0, 0.05) is 25.2 Å². The van der Waals surface area contributed by atoms with E-state index in [1.165, 1.54) is 24.1 Å². The maximum Gasteiger partial charge on any atom is 0.123 e. The largest absolute Gasteiger partial charge is 0.324 e. The fraction of sp³-hybridized carbons (Fsp3) is 0.500.